The largest absolute Gasteiger partial charge is 0.490 e. The molecule has 0 radical (unpaired) electrons. The zero-order chi connectivity index (χ0) is 20.8. The SMILES string of the molecule is CCOc1ccc(C(=O)Nc2cnn(C)c2C(=O)N2CCCCC2)cc1OCC. The number of amides is 2. The number of nitrogens with zero attached hydrogens (tertiary/aromatic N) is 3. The highest BCUT2D eigenvalue weighted by Crippen LogP contribution is 2.29. The van der Waals surface area contributed by atoms with Gasteiger partial charge in [0.2, 0.25) is 0 Å². The van der Waals surface area contributed by atoms with Gasteiger partial charge in [-0.25, -0.2) is 0 Å². The molecule has 1 aromatic carbocycles. The highest BCUT2D eigenvalue weighted by atomic mass is 16.5. The van der Waals surface area contributed by atoms with Crippen LogP contribution in [0.1, 0.15) is 54.0 Å². The predicted molar refractivity (Wildman–Crippen MR) is 110 cm³/mol. The number of aryl methyl sites for hydroxylation is 1. The van der Waals surface area contributed by atoms with E-state index in [-0.39, 0.29) is 11.8 Å². The van der Waals surface area contributed by atoms with Crippen LogP contribution < -0.4 is 14.8 Å². The van der Waals surface area contributed by atoms with Crippen molar-refractivity contribution in [1.29, 1.82) is 0 Å². The van der Waals surface area contributed by atoms with E-state index < -0.39 is 0 Å². The molecule has 1 N–H and O–H groups in total. The number of aromatic nitrogens is 2. The summed E-state index contributed by atoms with van der Waals surface area (Å²) in [4.78, 5) is 27.6. The number of rotatable bonds is 7. The van der Waals surface area contributed by atoms with Crippen molar-refractivity contribution in [2.75, 3.05) is 31.6 Å². The third kappa shape index (κ3) is 4.70. The number of nitrogens with one attached hydrogen (secondary N) is 1. The minimum Gasteiger partial charge on any atom is -0.490 e. The van der Waals surface area contributed by atoms with Crippen molar-refractivity contribution in [3.8, 4) is 11.5 Å². The van der Waals surface area contributed by atoms with Crippen LogP contribution in [0.15, 0.2) is 24.4 Å². The summed E-state index contributed by atoms with van der Waals surface area (Å²) in [6, 6.07) is 5.03. The number of carbonyl (C=O) groups is 2. The summed E-state index contributed by atoms with van der Waals surface area (Å²) in [7, 11) is 1.71. The van der Waals surface area contributed by atoms with Crippen LogP contribution in [0.2, 0.25) is 0 Å². The molecular formula is C21H28N4O4. The van der Waals surface area contributed by atoms with Crippen LogP contribution in [0.5, 0.6) is 11.5 Å². The normalized spacial score (nSPS) is 13.8. The quantitative estimate of drug-likeness (QED) is 0.772. The minimum absolute atomic E-state index is 0.110. The fourth-order valence-electron chi connectivity index (χ4n) is 3.42. The number of hydrogen-bond donors (Lipinski definition) is 1. The van der Waals surface area contributed by atoms with Crippen LogP contribution >= 0.6 is 0 Å². The van der Waals surface area contributed by atoms with E-state index >= 15 is 0 Å². The molecule has 0 bridgehead atoms. The molecule has 0 aliphatic carbocycles. The number of hydrogen-bond acceptors (Lipinski definition) is 5. The average molecular weight is 400 g/mol. The van der Waals surface area contributed by atoms with Crippen molar-refractivity contribution in [3.63, 3.8) is 0 Å². The van der Waals surface area contributed by atoms with Crippen molar-refractivity contribution in [2.45, 2.75) is 33.1 Å². The fourth-order valence-corrected chi connectivity index (χ4v) is 3.42. The van der Waals surface area contributed by atoms with E-state index in [0.717, 1.165) is 32.4 Å². The van der Waals surface area contributed by atoms with E-state index in [1.165, 1.54) is 10.9 Å². The lowest BCUT2D eigenvalue weighted by Gasteiger charge is -2.27. The third-order valence-electron chi connectivity index (χ3n) is 4.84. The van der Waals surface area contributed by atoms with Gasteiger partial charge in [-0.3, -0.25) is 14.3 Å². The van der Waals surface area contributed by atoms with Gasteiger partial charge >= 0.3 is 0 Å². The number of likely N-dealkylation sites (tertiary alicyclic amines) is 1. The van der Waals surface area contributed by atoms with Gasteiger partial charge in [0.25, 0.3) is 11.8 Å². The molecule has 8 heteroatoms. The number of anilines is 1. The first-order valence-electron chi connectivity index (χ1n) is 10.1. The Kier molecular flexibility index (Phi) is 6.74. The maximum absolute atomic E-state index is 13.0. The molecule has 1 aliphatic heterocycles. The Balaban J connectivity index is 1.81. The van der Waals surface area contributed by atoms with Gasteiger partial charge < -0.3 is 19.7 Å². The van der Waals surface area contributed by atoms with E-state index in [0.29, 0.717) is 41.7 Å². The van der Waals surface area contributed by atoms with Crippen molar-refractivity contribution in [2.24, 2.45) is 7.05 Å². The van der Waals surface area contributed by atoms with Gasteiger partial charge in [-0.05, 0) is 51.3 Å². The molecule has 0 atom stereocenters. The molecule has 1 aliphatic rings. The number of piperidine rings is 1. The molecule has 1 fully saturated rings. The fraction of sp³-hybridized carbons (Fsp3) is 0.476. The zero-order valence-corrected chi connectivity index (χ0v) is 17.2. The van der Waals surface area contributed by atoms with E-state index in [9.17, 15) is 9.59 Å². The van der Waals surface area contributed by atoms with Crippen LogP contribution in [0.3, 0.4) is 0 Å². The first-order chi connectivity index (χ1) is 14.0. The Bertz CT molecular complexity index is 872. The molecule has 2 amide bonds. The predicted octanol–water partition coefficient (Wildman–Crippen LogP) is 3.10. The zero-order valence-electron chi connectivity index (χ0n) is 17.2. The van der Waals surface area contributed by atoms with Gasteiger partial charge in [0.05, 0.1) is 25.1 Å². The van der Waals surface area contributed by atoms with Gasteiger partial charge in [0.1, 0.15) is 5.69 Å². The van der Waals surface area contributed by atoms with Crippen LogP contribution in [-0.2, 0) is 7.05 Å². The summed E-state index contributed by atoms with van der Waals surface area (Å²) in [6.45, 7) is 6.18. The molecule has 0 unspecified atom stereocenters. The Morgan fingerprint density at radius 1 is 1.07 bits per heavy atom. The number of ether oxygens (including phenoxy) is 2. The molecule has 2 aromatic rings. The van der Waals surface area contributed by atoms with Crippen molar-refractivity contribution in [3.05, 3.63) is 35.7 Å². The van der Waals surface area contributed by atoms with E-state index in [1.54, 1.807) is 25.2 Å². The first-order valence-corrected chi connectivity index (χ1v) is 10.1. The van der Waals surface area contributed by atoms with Crippen LogP contribution in [0.25, 0.3) is 0 Å². The Morgan fingerprint density at radius 3 is 2.45 bits per heavy atom. The summed E-state index contributed by atoms with van der Waals surface area (Å²) >= 11 is 0. The molecule has 3 rings (SSSR count). The average Bonchev–Trinajstić information content (AvgIpc) is 3.09. The van der Waals surface area contributed by atoms with Gasteiger partial charge in [0, 0.05) is 25.7 Å². The highest BCUT2D eigenvalue weighted by molar-refractivity contribution is 6.08. The summed E-state index contributed by atoms with van der Waals surface area (Å²) in [5.41, 5.74) is 1.20. The third-order valence-corrected chi connectivity index (χ3v) is 4.84. The van der Waals surface area contributed by atoms with Crippen LogP contribution in [0.4, 0.5) is 5.69 Å². The summed E-state index contributed by atoms with van der Waals surface area (Å²) in [5, 5.41) is 7.00. The summed E-state index contributed by atoms with van der Waals surface area (Å²) in [5.74, 6) is 0.655. The monoisotopic (exact) mass is 400 g/mol. The van der Waals surface area contributed by atoms with E-state index in [4.69, 9.17) is 9.47 Å². The maximum atomic E-state index is 13.0. The molecule has 0 saturated carbocycles. The molecule has 2 heterocycles. The van der Waals surface area contributed by atoms with Gasteiger partial charge in [-0.15, -0.1) is 0 Å². The van der Waals surface area contributed by atoms with Crippen molar-refractivity contribution >= 4 is 17.5 Å². The van der Waals surface area contributed by atoms with Crippen molar-refractivity contribution < 1.29 is 19.1 Å². The molecule has 1 aromatic heterocycles. The standard InChI is InChI=1S/C21H28N4O4/c1-4-28-17-10-9-15(13-18(17)29-5-2)20(26)23-16-14-22-24(3)19(16)21(27)25-11-7-6-8-12-25/h9-10,13-14H,4-8,11-12H2,1-3H3,(H,23,26). The van der Waals surface area contributed by atoms with Crippen molar-refractivity contribution in [1.82, 2.24) is 14.7 Å². The smallest absolute Gasteiger partial charge is 0.274 e. The Hall–Kier alpha value is -3.03. The summed E-state index contributed by atoms with van der Waals surface area (Å²) in [6.07, 6.45) is 4.64. The minimum atomic E-state index is -0.338. The van der Waals surface area contributed by atoms with Crippen LogP contribution in [-0.4, -0.2) is 52.8 Å². The van der Waals surface area contributed by atoms with Crippen LogP contribution in [0, 0.1) is 0 Å². The summed E-state index contributed by atoms with van der Waals surface area (Å²) < 4.78 is 12.6. The first kappa shape index (κ1) is 20.7. The molecule has 8 nitrogen and oxygen atoms in total. The lowest BCUT2D eigenvalue weighted by molar-refractivity contribution is 0.0714. The van der Waals surface area contributed by atoms with Gasteiger partial charge in [-0.1, -0.05) is 0 Å². The molecular weight excluding hydrogens is 372 g/mol. The Labute approximate surface area is 170 Å². The second kappa shape index (κ2) is 9.45. The molecule has 1 saturated heterocycles. The second-order valence-corrected chi connectivity index (χ2v) is 6.86. The topological polar surface area (TPSA) is 85.7 Å². The number of benzene rings is 1. The highest BCUT2D eigenvalue weighted by Gasteiger charge is 2.25. The Morgan fingerprint density at radius 2 is 1.76 bits per heavy atom. The van der Waals surface area contributed by atoms with E-state index in [1.807, 2.05) is 18.7 Å². The lowest BCUT2D eigenvalue weighted by Crippen LogP contribution is -2.37. The number of carbonyl (C=O) groups excluding carboxylic acids is 2. The van der Waals surface area contributed by atoms with Gasteiger partial charge in [0.15, 0.2) is 11.5 Å². The van der Waals surface area contributed by atoms with E-state index in [2.05, 4.69) is 10.4 Å². The second-order valence-electron chi connectivity index (χ2n) is 6.86. The molecule has 29 heavy (non-hydrogen) atoms. The van der Waals surface area contributed by atoms with Gasteiger partial charge in [-0.2, -0.15) is 5.10 Å². The maximum Gasteiger partial charge on any atom is 0.274 e. The molecule has 156 valence electrons. The lowest BCUT2D eigenvalue weighted by atomic mass is 10.1. The molecule has 0 spiro atoms.